The summed E-state index contributed by atoms with van der Waals surface area (Å²) >= 11 is 0. The van der Waals surface area contributed by atoms with Crippen molar-refractivity contribution in [3.63, 3.8) is 0 Å². The summed E-state index contributed by atoms with van der Waals surface area (Å²) in [5.41, 5.74) is 1.23. The number of benzene rings is 1. The highest BCUT2D eigenvalue weighted by molar-refractivity contribution is 5.93. The Labute approximate surface area is 162 Å². The molecule has 7 nitrogen and oxygen atoms in total. The van der Waals surface area contributed by atoms with Gasteiger partial charge in [-0.05, 0) is 30.7 Å². The monoisotopic (exact) mass is 378 g/mol. The van der Waals surface area contributed by atoms with Crippen LogP contribution in [0, 0.1) is 11.8 Å². The quantitative estimate of drug-likeness (QED) is 0.757. The second-order valence-corrected chi connectivity index (χ2v) is 7.76. The summed E-state index contributed by atoms with van der Waals surface area (Å²) in [6.45, 7) is 1.33. The van der Waals surface area contributed by atoms with Gasteiger partial charge in [0.2, 0.25) is 0 Å². The Balaban J connectivity index is 1.30. The summed E-state index contributed by atoms with van der Waals surface area (Å²) in [6, 6.07) is 13.2. The fourth-order valence-corrected chi connectivity index (χ4v) is 4.61. The Hall–Kier alpha value is -2.93. The molecule has 2 fully saturated rings. The molecule has 7 heteroatoms. The van der Waals surface area contributed by atoms with E-state index in [-0.39, 0.29) is 11.9 Å². The summed E-state index contributed by atoms with van der Waals surface area (Å²) < 4.78 is 7.23. The largest absolute Gasteiger partial charge is 0.391 e. The highest BCUT2D eigenvalue weighted by Crippen LogP contribution is 2.41. The molecule has 4 atom stereocenters. The molecule has 1 saturated carbocycles. The number of nitrogens with zero attached hydrogens (tertiary/aromatic N) is 4. The summed E-state index contributed by atoms with van der Waals surface area (Å²) in [7, 11) is 0. The molecule has 3 aromatic rings. The van der Waals surface area contributed by atoms with Crippen molar-refractivity contribution in [2.75, 3.05) is 13.1 Å². The van der Waals surface area contributed by atoms with Gasteiger partial charge in [0.05, 0.1) is 12.1 Å². The van der Waals surface area contributed by atoms with E-state index in [4.69, 9.17) is 4.52 Å². The lowest BCUT2D eigenvalue weighted by Crippen LogP contribution is -2.36. The van der Waals surface area contributed by atoms with E-state index in [1.54, 1.807) is 12.3 Å². The van der Waals surface area contributed by atoms with Gasteiger partial charge < -0.3 is 14.5 Å². The molecule has 0 unspecified atom stereocenters. The van der Waals surface area contributed by atoms with Gasteiger partial charge in [-0.3, -0.25) is 9.48 Å². The molecule has 144 valence electrons. The van der Waals surface area contributed by atoms with Gasteiger partial charge in [0.15, 0.2) is 11.5 Å². The van der Waals surface area contributed by atoms with Gasteiger partial charge in [0, 0.05) is 37.1 Å². The molecule has 1 amide bonds. The van der Waals surface area contributed by atoms with Crippen LogP contribution in [0.5, 0.6) is 0 Å². The first-order valence-corrected chi connectivity index (χ1v) is 9.67. The van der Waals surface area contributed by atoms with Crippen LogP contribution in [0.4, 0.5) is 0 Å². The van der Waals surface area contributed by atoms with E-state index in [0.29, 0.717) is 42.8 Å². The van der Waals surface area contributed by atoms with E-state index in [9.17, 15) is 9.90 Å². The van der Waals surface area contributed by atoms with E-state index >= 15 is 0 Å². The van der Waals surface area contributed by atoms with E-state index in [2.05, 4.69) is 10.3 Å². The van der Waals surface area contributed by atoms with E-state index < -0.39 is 6.10 Å². The highest BCUT2D eigenvalue weighted by Gasteiger charge is 2.44. The molecular weight excluding hydrogens is 356 g/mol. The molecule has 1 aromatic carbocycles. The zero-order chi connectivity index (χ0) is 19.1. The standard InChI is InChI=1S/C21H22N4O3/c26-19-10-16-13-24(12-15(16)9-18(19)25-8-4-7-22-25)21(27)17-11-20(28-23-17)14-5-2-1-3-6-14/h1-8,11,15-16,18-19,26H,9-10,12-13H2/t15-,16+,18-,19-/m1/s1. The van der Waals surface area contributed by atoms with Gasteiger partial charge in [0.25, 0.3) is 5.91 Å². The maximum Gasteiger partial charge on any atom is 0.276 e. The van der Waals surface area contributed by atoms with Gasteiger partial charge in [-0.1, -0.05) is 35.5 Å². The fourth-order valence-electron chi connectivity index (χ4n) is 4.61. The minimum atomic E-state index is -0.437. The molecule has 1 N–H and O–H groups in total. The number of amides is 1. The van der Waals surface area contributed by atoms with Gasteiger partial charge in [-0.2, -0.15) is 5.10 Å². The van der Waals surface area contributed by atoms with Gasteiger partial charge in [-0.25, -0.2) is 0 Å². The first-order valence-electron chi connectivity index (χ1n) is 9.67. The number of hydrogen-bond donors (Lipinski definition) is 1. The zero-order valence-corrected chi connectivity index (χ0v) is 15.4. The van der Waals surface area contributed by atoms with Crippen LogP contribution in [0.2, 0.25) is 0 Å². The zero-order valence-electron chi connectivity index (χ0n) is 15.4. The average Bonchev–Trinajstić information content (AvgIpc) is 3.47. The lowest BCUT2D eigenvalue weighted by molar-refractivity contribution is 0.0306. The third-order valence-corrected chi connectivity index (χ3v) is 6.05. The number of carbonyl (C=O) groups is 1. The third kappa shape index (κ3) is 3.01. The molecule has 0 spiro atoms. The number of fused-ring (bicyclic) bond motifs is 1. The molecule has 28 heavy (non-hydrogen) atoms. The maximum absolute atomic E-state index is 13.0. The predicted molar refractivity (Wildman–Crippen MR) is 101 cm³/mol. The van der Waals surface area contributed by atoms with Crippen molar-refractivity contribution in [2.24, 2.45) is 11.8 Å². The number of likely N-dealkylation sites (tertiary alicyclic amines) is 1. The van der Waals surface area contributed by atoms with Crippen molar-refractivity contribution in [3.05, 3.63) is 60.6 Å². The maximum atomic E-state index is 13.0. The summed E-state index contributed by atoms with van der Waals surface area (Å²) in [6.07, 6.45) is 4.70. The molecule has 0 bridgehead atoms. The van der Waals surface area contributed by atoms with Gasteiger partial charge in [-0.15, -0.1) is 0 Å². The molecule has 1 saturated heterocycles. The molecular formula is C21H22N4O3. The summed E-state index contributed by atoms with van der Waals surface area (Å²) in [5.74, 6) is 1.16. The van der Waals surface area contributed by atoms with Crippen LogP contribution in [0.15, 0.2) is 59.4 Å². The topological polar surface area (TPSA) is 84.4 Å². The molecule has 1 aliphatic heterocycles. The molecule has 2 aromatic heterocycles. The van der Waals surface area contributed by atoms with Crippen LogP contribution >= 0.6 is 0 Å². The van der Waals surface area contributed by atoms with Crippen LogP contribution in [0.25, 0.3) is 11.3 Å². The smallest absolute Gasteiger partial charge is 0.276 e. The van der Waals surface area contributed by atoms with Crippen LogP contribution in [-0.2, 0) is 0 Å². The summed E-state index contributed by atoms with van der Waals surface area (Å²) in [4.78, 5) is 14.8. The number of aromatic nitrogens is 3. The van der Waals surface area contributed by atoms with Crippen molar-refractivity contribution in [3.8, 4) is 11.3 Å². The number of hydrogen-bond acceptors (Lipinski definition) is 5. The summed E-state index contributed by atoms with van der Waals surface area (Å²) in [5, 5.41) is 18.9. The number of aliphatic hydroxyl groups is 1. The van der Waals surface area contributed by atoms with Crippen LogP contribution in [0.3, 0.4) is 0 Å². The second kappa shape index (κ2) is 6.91. The van der Waals surface area contributed by atoms with Crippen LogP contribution < -0.4 is 0 Å². The molecule has 0 radical (unpaired) electrons. The molecule has 3 heterocycles. The van der Waals surface area contributed by atoms with Crippen LogP contribution in [0.1, 0.15) is 29.4 Å². The Bertz CT molecular complexity index is 953. The van der Waals surface area contributed by atoms with Gasteiger partial charge in [0.1, 0.15) is 0 Å². The van der Waals surface area contributed by atoms with E-state index in [0.717, 1.165) is 12.0 Å². The Kier molecular flexibility index (Phi) is 4.24. The minimum Gasteiger partial charge on any atom is -0.391 e. The Morgan fingerprint density at radius 1 is 1.11 bits per heavy atom. The fraction of sp³-hybridized carbons (Fsp3) is 0.381. The van der Waals surface area contributed by atoms with Gasteiger partial charge >= 0.3 is 0 Å². The Morgan fingerprint density at radius 3 is 2.64 bits per heavy atom. The molecule has 5 rings (SSSR count). The first kappa shape index (κ1) is 17.2. The lowest BCUT2D eigenvalue weighted by atomic mass is 9.77. The molecule has 1 aliphatic carbocycles. The Morgan fingerprint density at radius 2 is 1.89 bits per heavy atom. The van der Waals surface area contributed by atoms with Crippen molar-refractivity contribution in [2.45, 2.75) is 25.0 Å². The normalized spacial score (nSPS) is 27.0. The first-order chi connectivity index (χ1) is 13.7. The van der Waals surface area contributed by atoms with Crippen molar-refractivity contribution < 1.29 is 14.4 Å². The predicted octanol–water partition coefficient (Wildman–Crippen LogP) is 2.62. The van der Waals surface area contributed by atoms with E-state index in [1.807, 2.05) is 52.2 Å². The molecule has 2 aliphatic rings. The second-order valence-electron chi connectivity index (χ2n) is 7.76. The number of carbonyl (C=O) groups excluding carboxylic acids is 1. The number of aliphatic hydroxyl groups excluding tert-OH is 1. The van der Waals surface area contributed by atoms with Crippen molar-refractivity contribution >= 4 is 5.91 Å². The van der Waals surface area contributed by atoms with Crippen LogP contribution in [-0.4, -0.2) is 50.0 Å². The minimum absolute atomic E-state index is 0.0250. The van der Waals surface area contributed by atoms with Crippen molar-refractivity contribution in [1.82, 2.24) is 19.8 Å². The highest BCUT2D eigenvalue weighted by atomic mass is 16.5. The van der Waals surface area contributed by atoms with E-state index in [1.165, 1.54) is 0 Å². The number of rotatable bonds is 3. The third-order valence-electron chi connectivity index (χ3n) is 6.05. The van der Waals surface area contributed by atoms with Crippen molar-refractivity contribution in [1.29, 1.82) is 0 Å². The lowest BCUT2D eigenvalue weighted by Gasteiger charge is -2.35. The SMILES string of the molecule is O=C(c1cc(-c2ccccc2)on1)N1C[C@H]2C[C@@H](n3cccn3)[C@H](O)C[C@H]2C1. The average molecular weight is 378 g/mol.